The Bertz CT molecular complexity index is 1420. The van der Waals surface area contributed by atoms with Crippen LogP contribution in [-0.2, 0) is 12.0 Å². The van der Waals surface area contributed by atoms with Crippen molar-refractivity contribution in [3.05, 3.63) is 86.8 Å². The van der Waals surface area contributed by atoms with E-state index in [4.69, 9.17) is 4.98 Å². The molecule has 0 amide bonds. The number of hydrogen-bond donors (Lipinski definition) is 2. The Hall–Kier alpha value is -3.65. The topological polar surface area (TPSA) is 89.5 Å². The van der Waals surface area contributed by atoms with Gasteiger partial charge >= 0.3 is 5.69 Å². The van der Waals surface area contributed by atoms with E-state index in [0.717, 1.165) is 48.9 Å². The lowest BCUT2D eigenvalue weighted by Crippen LogP contribution is -2.47. The van der Waals surface area contributed by atoms with Crippen molar-refractivity contribution in [2.45, 2.75) is 32.7 Å². The minimum atomic E-state index is -0.475. The minimum Gasteiger partial charge on any atom is -0.355 e. The molecule has 4 heterocycles. The van der Waals surface area contributed by atoms with Crippen LogP contribution >= 0.6 is 0 Å². The highest BCUT2D eigenvalue weighted by molar-refractivity contribution is 5.65. The van der Waals surface area contributed by atoms with Gasteiger partial charge in [0, 0.05) is 56.2 Å². The van der Waals surface area contributed by atoms with E-state index in [1.54, 1.807) is 0 Å². The van der Waals surface area contributed by atoms with Crippen LogP contribution in [0.2, 0.25) is 0 Å². The van der Waals surface area contributed by atoms with E-state index in [0.29, 0.717) is 12.1 Å². The van der Waals surface area contributed by atoms with Gasteiger partial charge in [-0.25, -0.2) is 9.78 Å². The Labute approximate surface area is 197 Å². The lowest BCUT2D eigenvalue weighted by molar-refractivity contribution is 0.248. The minimum absolute atomic E-state index is 0.123. The standard InChI is InChI=1S/C26H30N6O2/c1-26(2,3)20-9-7-18(8-10-20)21-17-32-22(28-21)5-4-6-23(32)31-13-11-30(12-14-31)16-19-15-27-25(34)29-24(19)33/h4-10,15,17H,11-14,16H2,1-3H3,(H2,27,29,33,34). The predicted octanol–water partition coefficient (Wildman–Crippen LogP) is 3.00. The predicted molar refractivity (Wildman–Crippen MR) is 135 cm³/mol. The molecular formula is C26H30N6O2. The average molecular weight is 459 g/mol. The fourth-order valence-corrected chi connectivity index (χ4v) is 4.47. The van der Waals surface area contributed by atoms with Gasteiger partial charge in [0.15, 0.2) is 0 Å². The number of fused-ring (bicyclic) bond motifs is 1. The lowest BCUT2D eigenvalue weighted by Gasteiger charge is -2.36. The second-order valence-corrected chi connectivity index (χ2v) is 9.93. The Morgan fingerprint density at radius 1 is 0.971 bits per heavy atom. The normalized spacial score (nSPS) is 15.2. The molecular weight excluding hydrogens is 428 g/mol. The summed E-state index contributed by atoms with van der Waals surface area (Å²) in [6.07, 6.45) is 3.62. The monoisotopic (exact) mass is 458 g/mol. The van der Waals surface area contributed by atoms with Crippen molar-refractivity contribution < 1.29 is 0 Å². The maximum atomic E-state index is 12.0. The molecule has 8 nitrogen and oxygen atoms in total. The SMILES string of the molecule is CC(C)(C)c1ccc(-c2cn3c(N4CCN(Cc5c[nH]c(=O)[nH]c5=O)CC4)cccc3n2)cc1. The van der Waals surface area contributed by atoms with Gasteiger partial charge < -0.3 is 9.88 Å². The summed E-state index contributed by atoms with van der Waals surface area (Å²) < 4.78 is 2.16. The number of hydrogen-bond acceptors (Lipinski definition) is 5. The Kier molecular flexibility index (Phi) is 5.61. The molecule has 0 bridgehead atoms. The van der Waals surface area contributed by atoms with E-state index in [9.17, 15) is 9.59 Å². The van der Waals surface area contributed by atoms with Crippen LogP contribution in [0.15, 0.2) is 64.4 Å². The molecule has 0 spiro atoms. The molecule has 1 fully saturated rings. The van der Waals surface area contributed by atoms with Crippen LogP contribution in [0.5, 0.6) is 0 Å². The first-order valence-corrected chi connectivity index (χ1v) is 11.7. The first kappa shape index (κ1) is 22.2. The van der Waals surface area contributed by atoms with Gasteiger partial charge in [0.05, 0.1) is 5.69 Å². The third-order valence-electron chi connectivity index (χ3n) is 6.50. The van der Waals surface area contributed by atoms with Crippen LogP contribution in [-0.4, -0.2) is 50.4 Å². The zero-order chi connectivity index (χ0) is 23.9. The van der Waals surface area contributed by atoms with Gasteiger partial charge in [-0.15, -0.1) is 0 Å². The number of aromatic amines is 2. The van der Waals surface area contributed by atoms with Crippen molar-refractivity contribution in [2.75, 3.05) is 31.1 Å². The zero-order valence-corrected chi connectivity index (χ0v) is 19.8. The van der Waals surface area contributed by atoms with E-state index in [1.165, 1.54) is 11.8 Å². The Morgan fingerprint density at radius 3 is 2.38 bits per heavy atom. The van der Waals surface area contributed by atoms with E-state index >= 15 is 0 Å². The molecule has 0 atom stereocenters. The summed E-state index contributed by atoms with van der Waals surface area (Å²) in [4.78, 5) is 37.6. The second kappa shape index (κ2) is 8.61. The highest BCUT2D eigenvalue weighted by Crippen LogP contribution is 2.27. The number of nitrogens with zero attached hydrogens (tertiary/aromatic N) is 4. The van der Waals surface area contributed by atoms with Gasteiger partial charge in [-0.1, -0.05) is 51.1 Å². The van der Waals surface area contributed by atoms with Gasteiger partial charge in [0.25, 0.3) is 5.56 Å². The van der Waals surface area contributed by atoms with E-state index in [1.807, 2.05) is 6.07 Å². The highest BCUT2D eigenvalue weighted by Gasteiger charge is 2.21. The highest BCUT2D eigenvalue weighted by atomic mass is 16.2. The van der Waals surface area contributed by atoms with Gasteiger partial charge in [0.1, 0.15) is 11.5 Å². The molecule has 34 heavy (non-hydrogen) atoms. The van der Waals surface area contributed by atoms with Crippen LogP contribution in [0.1, 0.15) is 31.9 Å². The molecule has 1 saturated heterocycles. The molecule has 1 aromatic carbocycles. The summed E-state index contributed by atoms with van der Waals surface area (Å²) in [6.45, 7) is 10.5. The van der Waals surface area contributed by atoms with Crippen LogP contribution in [0, 0.1) is 0 Å². The number of imidazole rings is 1. The molecule has 0 aliphatic carbocycles. The summed E-state index contributed by atoms with van der Waals surface area (Å²) in [6, 6.07) is 14.9. The molecule has 8 heteroatoms. The van der Waals surface area contributed by atoms with E-state index in [-0.39, 0.29) is 11.0 Å². The fraction of sp³-hybridized carbons (Fsp3) is 0.346. The van der Waals surface area contributed by atoms with Crippen LogP contribution < -0.4 is 16.1 Å². The first-order valence-electron chi connectivity index (χ1n) is 11.7. The largest absolute Gasteiger partial charge is 0.355 e. The van der Waals surface area contributed by atoms with Crippen LogP contribution in [0.25, 0.3) is 16.9 Å². The summed E-state index contributed by atoms with van der Waals surface area (Å²) in [5.41, 5.74) is 4.21. The first-order chi connectivity index (χ1) is 16.3. The van der Waals surface area contributed by atoms with Gasteiger partial charge in [-0.3, -0.25) is 19.1 Å². The lowest BCUT2D eigenvalue weighted by atomic mass is 9.86. The van der Waals surface area contributed by atoms with Crippen molar-refractivity contribution in [3.63, 3.8) is 0 Å². The maximum absolute atomic E-state index is 12.0. The van der Waals surface area contributed by atoms with Gasteiger partial charge in [-0.2, -0.15) is 0 Å². The van der Waals surface area contributed by atoms with Crippen molar-refractivity contribution in [3.8, 4) is 11.3 Å². The fourth-order valence-electron chi connectivity index (χ4n) is 4.47. The summed E-state index contributed by atoms with van der Waals surface area (Å²) in [5, 5.41) is 0. The molecule has 4 aromatic rings. The van der Waals surface area contributed by atoms with Gasteiger partial charge in [0.2, 0.25) is 0 Å². The summed E-state index contributed by atoms with van der Waals surface area (Å²) in [7, 11) is 0. The number of rotatable bonds is 4. The zero-order valence-electron chi connectivity index (χ0n) is 19.8. The quantitative estimate of drug-likeness (QED) is 0.491. The Balaban J connectivity index is 1.33. The second-order valence-electron chi connectivity index (χ2n) is 9.93. The number of benzene rings is 1. The molecule has 0 radical (unpaired) electrons. The van der Waals surface area contributed by atoms with Crippen molar-refractivity contribution in [2.24, 2.45) is 0 Å². The molecule has 1 aliphatic rings. The maximum Gasteiger partial charge on any atom is 0.325 e. The number of nitrogens with one attached hydrogen (secondary N) is 2. The molecule has 176 valence electrons. The van der Waals surface area contributed by atoms with Crippen LogP contribution in [0.4, 0.5) is 5.82 Å². The number of anilines is 1. The number of pyridine rings is 1. The molecule has 3 aromatic heterocycles. The number of H-pyrrole nitrogens is 2. The molecule has 1 aliphatic heterocycles. The third-order valence-corrected chi connectivity index (χ3v) is 6.50. The van der Waals surface area contributed by atoms with Gasteiger partial charge in [-0.05, 0) is 23.1 Å². The number of aromatic nitrogens is 4. The van der Waals surface area contributed by atoms with Crippen LogP contribution in [0.3, 0.4) is 0 Å². The van der Waals surface area contributed by atoms with E-state index in [2.05, 4.69) is 87.5 Å². The van der Waals surface area contributed by atoms with E-state index < -0.39 is 5.69 Å². The summed E-state index contributed by atoms with van der Waals surface area (Å²) >= 11 is 0. The average Bonchev–Trinajstić information content (AvgIpc) is 3.26. The molecule has 0 unspecified atom stereocenters. The van der Waals surface area contributed by atoms with Crippen molar-refractivity contribution >= 4 is 11.5 Å². The smallest absolute Gasteiger partial charge is 0.325 e. The molecule has 0 saturated carbocycles. The van der Waals surface area contributed by atoms with Crippen molar-refractivity contribution in [1.29, 1.82) is 0 Å². The van der Waals surface area contributed by atoms with Crippen molar-refractivity contribution in [1.82, 2.24) is 24.3 Å². The molecule has 5 rings (SSSR count). The molecule has 2 N–H and O–H groups in total. The third kappa shape index (κ3) is 4.41. The number of piperazine rings is 1. The Morgan fingerprint density at radius 2 is 1.71 bits per heavy atom. The summed E-state index contributed by atoms with van der Waals surface area (Å²) in [5.74, 6) is 1.11.